The van der Waals surface area contributed by atoms with E-state index in [1.807, 2.05) is 83.1 Å². The molecule has 4 aromatic heterocycles. The Bertz CT molecular complexity index is 3730. The van der Waals surface area contributed by atoms with Crippen LogP contribution in [-0.4, -0.2) is 116 Å². The van der Waals surface area contributed by atoms with Crippen molar-refractivity contribution in [3.8, 4) is 0 Å². The second kappa shape index (κ2) is 27.0. The summed E-state index contributed by atoms with van der Waals surface area (Å²) in [4.78, 5) is 43.8. The normalized spacial score (nSPS) is 15.1. The fraction of sp³-hybridized carbons (Fsp3) is 0.279. The number of nitrogens with one attached hydrogen (secondary N) is 5. The van der Waals surface area contributed by atoms with Gasteiger partial charge in [0.05, 0.1) is 10.8 Å². The van der Waals surface area contributed by atoms with Crippen molar-refractivity contribution in [3.05, 3.63) is 213 Å². The van der Waals surface area contributed by atoms with Gasteiger partial charge in [0.15, 0.2) is 5.78 Å². The van der Waals surface area contributed by atoms with Gasteiger partial charge < -0.3 is 35.1 Å². The van der Waals surface area contributed by atoms with E-state index in [9.17, 15) is 9.59 Å². The van der Waals surface area contributed by atoms with Gasteiger partial charge in [0, 0.05) is 148 Å². The molecule has 9 aromatic rings. The van der Waals surface area contributed by atoms with E-state index in [4.69, 9.17) is 23.0 Å². The quantitative estimate of drug-likeness (QED) is 0.0300. The standard InChI is InChI=1S/C26H25N3OS.C24H24N2OS.C18H23N3S/c27-23(25-7-4-14-31-25)16-18-8-9-24-21(15-18)22(17-28-24)19-10-12-29(13-11-19)26(30)20-5-2-1-3-6-20;1-26-11-9-18(10-12-26)22-16-25-23-8-7-17(14-21(22)23)13-20(28)15-24(27)19-5-3-2-4-6-19;1-3-22-18(19)11-13-4-5-17-15(10-13)16(12-20-17)14-6-8-21(2)9-7-14/h1-9,14-15,17,19,27-28H,10-13,16H2;2-9,14,16,25H,10-13,15H2,1H3;4-6,10,12,19-20H,3,7-9,11H2,1-2H3. The van der Waals surface area contributed by atoms with Gasteiger partial charge >= 0.3 is 0 Å². The summed E-state index contributed by atoms with van der Waals surface area (Å²) in [5.74, 6) is 1.63. The van der Waals surface area contributed by atoms with Gasteiger partial charge in [-0.25, -0.2) is 0 Å². The van der Waals surface area contributed by atoms with E-state index in [0.29, 0.717) is 30.9 Å². The van der Waals surface area contributed by atoms with Crippen LogP contribution in [0.3, 0.4) is 0 Å². The van der Waals surface area contributed by atoms with Crippen molar-refractivity contribution < 1.29 is 9.59 Å². The number of likely N-dealkylation sites (N-methyl/N-ethyl adjacent to an activating group) is 2. The highest BCUT2D eigenvalue weighted by Crippen LogP contribution is 2.35. The first kappa shape index (κ1) is 57.0. The maximum atomic E-state index is 12.8. The van der Waals surface area contributed by atoms with E-state index in [0.717, 1.165) is 120 Å². The average Bonchev–Trinajstić information content (AvgIpc) is 4.44. The van der Waals surface area contributed by atoms with Crippen LogP contribution in [0.25, 0.3) is 43.9 Å². The molecule has 3 aliphatic heterocycles. The number of carbonyl (C=O) groups is 2. The van der Waals surface area contributed by atoms with Crippen LogP contribution in [0, 0.1) is 10.8 Å². The molecule has 0 aliphatic carbocycles. The number of H-pyrrole nitrogens is 3. The molecule has 0 bridgehead atoms. The molecule has 7 heterocycles. The summed E-state index contributed by atoms with van der Waals surface area (Å²) in [6, 6.07) is 42.4. The van der Waals surface area contributed by atoms with Gasteiger partial charge in [0.1, 0.15) is 0 Å². The number of thiocarbonyl (C=S) groups is 1. The summed E-state index contributed by atoms with van der Waals surface area (Å²) in [5.41, 5.74) is 16.0. The lowest BCUT2D eigenvalue weighted by atomic mass is 9.88. The second-order valence-electron chi connectivity index (χ2n) is 21.6. The monoisotopic (exact) mass is 1130 g/mol. The number of piperidine rings is 1. The van der Waals surface area contributed by atoms with E-state index < -0.39 is 0 Å². The Hall–Kier alpha value is -7.26. The Morgan fingerprint density at radius 2 is 1.16 bits per heavy atom. The summed E-state index contributed by atoms with van der Waals surface area (Å²) in [5, 5.41) is 23.0. The number of hydrogen-bond acceptors (Lipinski definition) is 9. The molecule has 12 rings (SSSR count). The molecule has 1 saturated heterocycles. The fourth-order valence-corrected chi connectivity index (χ4v) is 12.8. The molecule has 3 aliphatic rings. The van der Waals surface area contributed by atoms with Crippen molar-refractivity contribution in [2.45, 2.75) is 64.2 Å². The van der Waals surface area contributed by atoms with Crippen molar-refractivity contribution >= 4 is 106 Å². The van der Waals surface area contributed by atoms with E-state index in [1.54, 1.807) is 23.1 Å². The Morgan fingerprint density at radius 1 is 0.630 bits per heavy atom. The second-order valence-corrected chi connectivity index (χ2v) is 24.4. The first-order chi connectivity index (χ1) is 39.5. The van der Waals surface area contributed by atoms with Gasteiger partial charge in [-0.2, -0.15) is 0 Å². The number of nitrogens with zero attached hydrogens (tertiary/aromatic N) is 3. The number of carbonyl (C=O) groups excluding carboxylic acids is 2. The molecular formula is C68H72N8O2S3. The number of amides is 1. The topological polar surface area (TPSA) is 139 Å². The predicted octanol–water partition coefficient (Wildman–Crippen LogP) is 15.1. The highest BCUT2D eigenvalue weighted by Gasteiger charge is 2.26. The van der Waals surface area contributed by atoms with E-state index in [2.05, 4.69) is 131 Å². The number of aromatic nitrogens is 3. The number of Topliss-reactive ketones (excluding diaryl/α,β-unsaturated/α-hetero) is 1. The number of fused-ring (bicyclic) bond motifs is 3. The largest absolute Gasteiger partial charge is 0.361 e. The lowest BCUT2D eigenvalue weighted by Crippen LogP contribution is -2.37. The molecule has 0 atom stereocenters. The zero-order chi connectivity index (χ0) is 56.2. The van der Waals surface area contributed by atoms with Crippen molar-refractivity contribution in [1.82, 2.24) is 29.7 Å². The Morgan fingerprint density at radius 3 is 1.70 bits per heavy atom. The van der Waals surface area contributed by atoms with Crippen molar-refractivity contribution in [2.24, 2.45) is 0 Å². The predicted molar refractivity (Wildman–Crippen MR) is 346 cm³/mol. The third kappa shape index (κ3) is 14.4. The lowest BCUT2D eigenvalue weighted by Gasteiger charge is -2.32. The van der Waals surface area contributed by atoms with Crippen molar-refractivity contribution in [1.29, 1.82) is 10.8 Å². The van der Waals surface area contributed by atoms with Crippen LogP contribution in [0.4, 0.5) is 0 Å². The minimum Gasteiger partial charge on any atom is -0.361 e. The zero-order valence-corrected chi connectivity index (χ0v) is 49.1. The van der Waals surface area contributed by atoms with Crippen LogP contribution in [0.1, 0.15) is 104 Å². The average molecular weight is 1130 g/mol. The van der Waals surface area contributed by atoms with Gasteiger partial charge in [-0.15, -0.1) is 23.1 Å². The van der Waals surface area contributed by atoms with Gasteiger partial charge in [-0.1, -0.05) is 104 Å². The number of likely N-dealkylation sites (tertiary alicyclic amines) is 1. The molecule has 414 valence electrons. The van der Waals surface area contributed by atoms with Crippen molar-refractivity contribution in [2.75, 3.05) is 59.1 Å². The van der Waals surface area contributed by atoms with Crippen LogP contribution in [-0.2, 0) is 19.3 Å². The number of ketones is 1. The minimum atomic E-state index is 0.0884. The first-order valence-corrected chi connectivity index (χ1v) is 30.5. The number of thioether (sulfide) groups is 1. The van der Waals surface area contributed by atoms with E-state index >= 15 is 0 Å². The molecule has 5 N–H and O–H groups in total. The molecule has 0 saturated carbocycles. The molecule has 10 nitrogen and oxygen atoms in total. The van der Waals surface area contributed by atoms with Crippen LogP contribution < -0.4 is 0 Å². The zero-order valence-electron chi connectivity index (χ0n) is 46.7. The minimum absolute atomic E-state index is 0.0884. The van der Waals surface area contributed by atoms with E-state index in [1.165, 1.54) is 60.6 Å². The summed E-state index contributed by atoms with van der Waals surface area (Å²) in [6.45, 7) is 7.90. The smallest absolute Gasteiger partial charge is 0.253 e. The fourth-order valence-electron chi connectivity index (χ4n) is 11.3. The van der Waals surface area contributed by atoms with Crippen LogP contribution in [0.2, 0.25) is 0 Å². The van der Waals surface area contributed by atoms with Crippen molar-refractivity contribution in [3.63, 3.8) is 0 Å². The third-order valence-corrected chi connectivity index (χ3v) is 17.8. The highest BCUT2D eigenvalue weighted by molar-refractivity contribution is 8.13. The molecule has 5 aromatic carbocycles. The van der Waals surface area contributed by atoms with Gasteiger partial charge in [-0.3, -0.25) is 15.0 Å². The summed E-state index contributed by atoms with van der Waals surface area (Å²) in [6.07, 6.45) is 17.5. The Kier molecular flexibility index (Phi) is 19.0. The molecule has 81 heavy (non-hydrogen) atoms. The molecule has 1 amide bonds. The maximum Gasteiger partial charge on any atom is 0.253 e. The van der Waals surface area contributed by atoms with Crippen LogP contribution in [0.15, 0.2) is 164 Å². The maximum absolute atomic E-state index is 12.8. The third-order valence-electron chi connectivity index (χ3n) is 15.8. The van der Waals surface area contributed by atoms with Gasteiger partial charge in [0.25, 0.3) is 5.91 Å². The molecule has 0 radical (unpaired) electrons. The number of thiophene rings is 1. The highest BCUT2D eigenvalue weighted by atomic mass is 32.2. The number of hydrogen-bond donors (Lipinski definition) is 5. The Balaban J connectivity index is 0.000000138. The molecule has 13 heteroatoms. The number of aromatic amines is 3. The lowest BCUT2D eigenvalue weighted by molar-refractivity contribution is 0.0713. The summed E-state index contributed by atoms with van der Waals surface area (Å²) in [7, 11) is 4.32. The number of rotatable bonds is 15. The van der Waals surface area contributed by atoms with Gasteiger partial charge in [0.2, 0.25) is 0 Å². The van der Waals surface area contributed by atoms with Gasteiger partial charge in [-0.05, 0) is 145 Å². The summed E-state index contributed by atoms with van der Waals surface area (Å²) < 4.78 is 0. The molecule has 1 fully saturated rings. The van der Waals surface area contributed by atoms with Crippen LogP contribution in [0.5, 0.6) is 0 Å². The molecule has 0 unspecified atom stereocenters. The molecule has 0 spiro atoms. The summed E-state index contributed by atoms with van der Waals surface area (Å²) >= 11 is 8.78. The Labute approximate surface area is 489 Å². The van der Waals surface area contributed by atoms with Crippen LogP contribution >= 0.6 is 35.3 Å². The number of benzene rings is 5. The first-order valence-electron chi connectivity index (χ1n) is 28.3. The SMILES string of the molecule is CCSC(=N)Cc1ccc2[nH]cc(C3=CCN(C)CC3)c2c1.CN1CC=C(c2c[nH]c3ccc(CC(=S)CC(=O)c4ccccc4)cc23)CC1.N=C(Cc1ccc2[nH]cc(C3CCN(C(=O)c4ccccc4)CC3)c2c1)c1cccs1. The molecular weight excluding hydrogens is 1060 g/mol. The van der Waals surface area contributed by atoms with E-state index in [-0.39, 0.29) is 11.7 Å².